The Morgan fingerprint density at radius 1 is 1.09 bits per heavy atom. The van der Waals surface area contributed by atoms with E-state index in [9.17, 15) is 8.42 Å². The third kappa shape index (κ3) is 4.37. The predicted octanol–water partition coefficient (Wildman–Crippen LogP) is 1.93. The van der Waals surface area contributed by atoms with Crippen LogP contribution in [0.1, 0.15) is 32.1 Å². The molecule has 2 aliphatic rings. The first-order valence-electron chi connectivity index (χ1n) is 8.28. The highest BCUT2D eigenvalue weighted by molar-refractivity contribution is 7.87. The fourth-order valence-electron chi connectivity index (χ4n) is 2.93. The van der Waals surface area contributed by atoms with Crippen LogP contribution in [0.4, 0.5) is 0 Å². The Balaban J connectivity index is 1.47. The van der Waals surface area contributed by atoms with Crippen molar-refractivity contribution in [3.8, 4) is 11.5 Å². The van der Waals surface area contributed by atoms with Gasteiger partial charge in [-0.2, -0.15) is 12.7 Å². The molecule has 0 saturated carbocycles. The van der Waals surface area contributed by atoms with Crippen molar-refractivity contribution in [3.05, 3.63) is 24.3 Å². The van der Waals surface area contributed by atoms with E-state index in [4.69, 9.17) is 9.47 Å². The molecule has 128 valence electrons. The average molecular weight is 340 g/mol. The van der Waals surface area contributed by atoms with Gasteiger partial charge in [0, 0.05) is 26.1 Å². The number of para-hydroxylation sites is 2. The minimum atomic E-state index is -3.38. The molecule has 0 spiro atoms. The number of benzene rings is 1. The van der Waals surface area contributed by atoms with Crippen LogP contribution in [0.3, 0.4) is 0 Å². The molecule has 1 unspecified atom stereocenters. The zero-order valence-corrected chi connectivity index (χ0v) is 14.1. The number of hydrogen-bond donors (Lipinski definition) is 1. The lowest BCUT2D eigenvalue weighted by molar-refractivity contribution is 0.0859. The summed E-state index contributed by atoms with van der Waals surface area (Å²) in [5.74, 6) is 1.47. The summed E-state index contributed by atoms with van der Waals surface area (Å²) < 4.78 is 40.4. The van der Waals surface area contributed by atoms with Gasteiger partial charge in [-0.3, -0.25) is 0 Å². The molecular weight excluding hydrogens is 316 g/mol. The summed E-state index contributed by atoms with van der Waals surface area (Å²) >= 11 is 0. The van der Waals surface area contributed by atoms with E-state index in [1.807, 2.05) is 24.3 Å². The van der Waals surface area contributed by atoms with Crippen molar-refractivity contribution in [2.24, 2.45) is 0 Å². The Morgan fingerprint density at radius 3 is 2.52 bits per heavy atom. The summed E-state index contributed by atoms with van der Waals surface area (Å²) in [6, 6.07) is 7.53. The van der Waals surface area contributed by atoms with Crippen molar-refractivity contribution >= 4 is 10.2 Å². The smallest absolute Gasteiger partial charge is 0.279 e. The molecule has 1 saturated heterocycles. The Morgan fingerprint density at radius 2 is 1.78 bits per heavy atom. The SMILES string of the molecule is O=S(=O)(NCCC1COc2ccccc2O1)N1CCCCCC1. The number of hydrogen-bond acceptors (Lipinski definition) is 4. The quantitative estimate of drug-likeness (QED) is 0.889. The van der Waals surface area contributed by atoms with Gasteiger partial charge in [0.05, 0.1) is 0 Å². The van der Waals surface area contributed by atoms with Crippen molar-refractivity contribution in [1.29, 1.82) is 0 Å². The van der Waals surface area contributed by atoms with Gasteiger partial charge in [-0.15, -0.1) is 0 Å². The van der Waals surface area contributed by atoms with Gasteiger partial charge in [0.15, 0.2) is 11.5 Å². The van der Waals surface area contributed by atoms with Crippen LogP contribution in [0.2, 0.25) is 0 Å². The molecule has 1 aromatic rings. The zero-order chi connectivity index (χ0) is 16.1. The zero-order valence-electron chi connectivity index (χ0n) is 13.2. The van der Waals surface area contributed by atoms with Crippen LogP contribution in [-0.2, 0) is 10.2 Å². The van der Waals surface area contributed by atoms with Crippen LogP contribution in [0.15, 0.2) is 24.3 Å². The van der Waals surface area contributed by atoms with Gasteiger partial charge >= 0.3 is 0 Å². The number of ether oxygens (including phenoxy) is 2. The van der Waals surface area contributed by atoms with E-state index in [1.165, 1.54) is 0 Å². The fraction of sp³-hybridized carbons (Fsp3) is 0.625. The standard InChI is InChI=1S/C16H24N2O4S/c19-23(20,18-11-5-1-2-6-12-18)17-10-9-14-13-21-15-7-3-4-8-16(15)22-14/h3-4,7-8,14,17H,1-2,5-6,9-13H2. The summed E-state index contributed by atoms with van der Waals surface area (Å²) in [6.07, 6.45) is 4.56. The average Bonchev–Trinajstić information content (AvgIpc) is 2.84. The minimum Gasteiger partial charge on any atom is -0.486 e. The molecule has 0 aromatic heterocycles. The normalized spacial score (nSPS) is 22.5. The first kappa shape index (κ1) is 16.5. The van der Waals surface area contributed by atoms with Crippen LogP contribution in [0, 0.1) is 0 Å². The number of nitrogens with one attached hydrogen (secondary N) is 1. The third-order valence-corrected chi connectivity index (χ3v) is 5.84. The lowest BCUT2D eigenvalue weighted by Crippen LogP contribution is -2.43. The molecule has 0 bridgehead atoms. The summed E-state index contributed by atoms with van der Waals surface area (Å²) in [4.78, 5) is 0. The van der Waals surface area contributed by atoms with Gasteiger partial charge < -0.3 is 9.47 Å². The highest BCUT2D eigenvalue weighted by Crippen LogP contribution is 2.31. The van der Waals surface area contributed by atoms with E-state index in [-0.39, 0.29) is 6.10 Å². The maximum atomic E-state index is 12.3. The van der Waals surface area contributed by atoms with E-state index in [0.717, 1.165) is 37.2 Å². The summed E-state index contributed by atoms with van der Waals surface area (Å²) in [5.41, 5.74) is 0. The highest BCUT2D eigenvalue weighted by atomic mass is 32.2. The summed E-state index contributed by atoms with van der Waals surface area (Å²) in [5, 5.41) is 0. The first-order chi connectivity index (χ1) is 11.1. The lowest BCUT2D eigenvalue weighted by atomic mass is 10.2. The molecule has 0 amide bonds. The molecule has 1 fully saturated rings. The van der Waals surface area contributed by atoms with Crippen LogP contribution >= 0.6 is 0 Å². The maximum absolute atomic E-state index is 12.3. The molecule has 2 heterocycles. The molecule has 1 atom stereocenters. The number of fused-ring (bicyclic) bond motifs is 1. The monoisotopic (exact) mass is 340 g/mol. The van der Waals surface area contributed by atoms with Gasteiger partial charge in [-0.05, 0) is 25.0 Å². The van der Waals surface area contributed by atoms with E-state index >= 15 is 0 Å². The fourth-order valence-corrected chi connectivity index (χ4v) is 4.22. The summed E-state index contributed by atoms with van der Waals surface area (Å²) in [7, 11) is -3.38. The molecule has 1 aromatic carbocycles. The van der Waals surface area contributed by atoms with E-state index in [1.54, 1.807) is 4.31 Å². The highest BCUT2D eigenvalue weighted by Gasteiger charge is 2.24. The second-order valence-electron chi connectivity index (χ2n) is 6.00. The Hall–Kier alpha value is -1.31. The van der Waals surface area contributed by atoms with Crippen LogP contribution < -0.4 is 14.2 Å². The first-order valence-corrected chi connectivity index (χ1v) is 9.72. The van der Waals surface area contributed by atoms with E-state index < -0.39 is 10.2 Å². The molecule has 0 aliphatic carbocycles. The van der Waals surface area contributed by atoms with Gasteiger partial charge in [-0.25, -0.2) is 4.72 Å². The van der Waals surface area contributed by atoms with E-state index in [2.05, 4.69) is 4.72 Å². The topological polar surface area (TPSA) is 67.9 Å². The van der Waals surface area contributed by atoms with Crippen molar-refractivity contribution in [2.45, 2.75) is 38.2 Å². The van der Waals surface area contributed by atoms with Gasteiger partial charge in [0.1, 0.15) is 12.7 Å². The Labute approximate surface area is 138 Å². The Bertz CT molecular complexity index is 612. The van der Waals surface area contributed by atoms with Gasteiger partial charge in [0.25, 0.3) is 10.2 Å². The second-order valence-corrected chi connectivity index (χ2v) is 7.75. The summed E-state index contributed by atoms with van der Waals surface area (Å²) in [6.45, 7) is 2.04. The number of nitrogens with zero attached hydrogens (tertiary/aromatic N) is 1. The molecule has 0 radical (unpaired) electrons. The van der Waals surface area contributed by atoms with Crippen molar-refractivity contribution < 1.29 is 17.9 Å². The van der Waals surface area contributed by atoms with Crippen LogP contribution in [0.5, 0.6) is 11.5 Å². The lowest BCUT2D eigenvalue weighted by Gasteiger charge is -2.27. The van der Waals surface area contributed by atoms with Gasteiger partial charge in [0.2, 0.25) is 0 Å². The van der Waals surface area contributed by atoms with Crippen molar-refractivity contribution in [3.63, 3.8) is 0 Å². The van der Waals surface area contributed by atoms with Gasteiger partial charge in [-0.1, -0.05) is 25.0 Å². The van der Waals surface area contributed by atoms with E-state index in [0.29, 0.717) is 32.7 Å². The molecule has 1 N–H and O–H groups in total. The van der Waals surface area contributed by atoms with Crippen molar-refractivity contribution in [2.75, 3.05) is 26.2 Å². The second kappa shape index (κ2) is 7.51. The molecule has 2 aliphatic heterocycles. The molecule has 3 rings (SSSR count). The van der Waals surface area contributed by atoms with Crippen LogP contribution in [0.25, 0.3) is 0 Å². The maximum Gasteiger partial charge on any atom is 0.279 e. The molecule has 7 heteroatoms. The molecular formula is C16H24N2O4S. The molecule has 23 heavy (non-hydrogen) atoms. The number of rotatable bonds is 5. The third-order valence-electron chi connectivity index (χ3n) is 4.22. The van der Waals surface area contributed by atoms with Crippen molar-refractivity contribution in [1.82, 2.24) is 9.03 Å². The minimum absolute atomic E-state index is 0.128. The predicted molar refractivity (Wildman–Crippen MR) is 87.9 cm³/mol. The van der Waals surface area contributed by atoms with Crippen LogP contribution in [-0.4, -0.2) is 45.1 Å². The Kier molecular flexibility index (Phi) is 5.40. The largest absolute Gasteiger partial charge is 0.486 e. The molecule has 6 nitrogen and oxygen atoms in total.